The molecule has 0 bridgehead atoms. The van der Waals surface area contributed by atoms with Gasteiger partial charge in [0.25, 0.3) is 0 Å². The summed E-state index contributed by atoms with van der Waals surface area (Å²) in [6.07, 6.45) is 4.89. The number of imidazole rings is 1. The second-order valence-electron chi connectivity index (χ2n) is 5.21. The van der Waals surface area contributed by atoms with E-state index < -0.39 is 0 Å². The van der Waals surface area contributed by atoms with Crippen LogP contribution in [0.15, 0.2) is 53.3 Å². The molecule has 4 heteroatoms. The van der Waals surface area contributed by atoms with Crippen molar-refractivity contribution in [2.24, 2.45) is 5.73 Å². The van der Waals surface area contributed by atoms with Crippen LogP contribution in [0.4, 0.5) is 0 Å². The van der Waals surface area contributed by atoms with Crippen molar-refractivity contribution in [3.8, 4) is 0 Å². The number of fused-ring (bicyclic) bond motifs is 1. The highest BCUT2D eigenvalue weighted by atomic mass is 79.9. The Morgan fingerprint density at radius 2 is 1.95 bits per heavy atom. The van der Waals surface area contributed by atoms with E-state index in [0.29, 0.717) is 0 Å². The molecule has 0 saturated carbocycles. The fraction of sp³-hybridized carbons (Fsp3) is 0.235. The van der Waals surface area contributed by atoms with Gasteiger partial charge in [0.05, 0.1) is 6.04 Å². The zero-order valence-electron chi connectivity index (χ0n) is 12.0. The van der Waals surface area contributed by atoms with Crippen molar-refractivity contribution in [1.29, 1.82) is 0 Å². The molecule has 0 aliphatic carbocycles. The zero-order chi connectivity index (χ0) is 14.8. The summed E-state index contributed by atoms with van der Waals surface area (Å²) in [7, 11) is 0. The minimum absolute atomic E-state index is 0.195. The summed E-state index contributed by atoms with van der Waals surface area (Å²) >= 11 is 3.50. The maximum atomic E-state index is 6.42. The summed E-state index contributed by atoms with van der Waals surface area (Å²) < 4.78 is 3.22. The monoisotopic (exact) mass is 343 g/mol. The fourth-order valence-electron chi connectivity index (χ4n) is 2.61. The molecule has 0 spiro atoms. The Bertz CT molecular complexity index is 764. The summed E-state index contributed by atoms with van der Waals surface area (Å²) in [5.74, 6) is 0.924. The highest BCUT2D eigenvalue weighted by Crippen LogP contribution is 2.25. The summed E-state index contributed by atoms with van der Waals surface area (Å²) in [5, 5.41) is 2.40. The van der Waals surface area contributed by atoms with Crippen molar-refractivity contribution in [2.45, 2.75) is 25.9 Å². The van der Waals surface area contributed by atoms with Crippen LogP contribution in [0.3, 0.4) is 0 Å². The predicted molar refractivity (Wildman–Crippen MR) is 90.2 cm³/mol. The van der Waals surface area contributed by atoms with Crippen LogP contribution in [0.25, 0.3) is 10.8 Å². The molecule has 3 rings (SSSR count). The molecule has 3 nitrogen and oxygen atoms in total. The average molecular weight is 344 g/mol. The highest BCUT2D eigenvalue weighted by Gasteiger charge is 2.14. The van der Waals surface area contributed by atoms with Gasteiger partial charge in [-0.3, -0.25) is 0 Å². The molecular formula is C17H18BrN3. The van der Waals surface area contributed by atoms with E-state index in [1.54, 1.807) is 0 Å². The lowest BCUT2D eigenvalue weighted by Crippen LogP contribution is -2.17. The number of hydrogen-bond acceptors (Lipinski definition) is 2. The van der Waals surface area contributed by atoms with E-state index in [-0.39, 0.29) is 6.04 Å². The van der Waals surface area contributed by atoms with Crippen molar-refractivity contribution in [3.05, 3.63) is 64.7 Å². The highest BCUT2D eigenvalue weighted by molar-refractivity contribution is 9.10. The minimum atomic E-state index is -0.195. The Balaban J connectivity index is 1.99. The van der Waals surface area contributed by atoms with Crippen molar-refractivity contribution < 1.29 is 0 Å². The van der Waals surface area contributed by atoms with Crippen LogP contribution in [-0.2, 0) is 6.54 Å². The number of rotatable bonds is 4. The Morgan fingerprint density at radius 3 is 2.76 bits per heavy atom. The van der Waals surface area contributed by atoms with Gasteiger partial charge in [-0.2, -0.15) is 0 Å². The first-order chi connectivity index (χ1) is 10.2. The van der Waals surface area contributed by atoms with Crippen molar-refractivity contribution in [2.75, 3.05) is 0 Å². The number of nitrogens with zero attached hydrogens (tertiary/aromatic N) is 2. The summed E-state index contributed by atoms with van der Waals surface area (Å²) in [6.45, 7) is 3.10. The Morgan fingerprint density at radius 1 is 1.19 bits per heavy atom. The molecule has 2 aromatic carbocycles. The largest absolute Gasteiger partial charge is 0.333 e. The molecule has 1 aromatic heterocycles. The van der Waals surface area contributed by atoms with Crippen LogP contribution in [0.1, 0.15) is 30.8 Å². The van der Waals surface area contributed by atoms with Gasteiger partial charge < -0.3 is 10.3 Å². The number of benzene rings is 2. The first-order valence-electron chi connectivity index (χ1n) is 7.15. The standard InChI is InChI=1S/C17H18BrN3/c1-2-8-21-9-7-20-17(21)16(19)14-4-3-13-11-15(18)6-5-12(13)10-14/h3-7,9-11,16H,2,8,19H2,1H3. The molecule has 0 amide bonds. The van der Waals surface area contributed by atoms with Crippen molar-refractivity contribution in [3.63, 3.8) is 0 Å². The topological polar surface area (TPSA) is 43.8 Å². The summed E-state index contributed by atoms with van der Waals surface area (Å²) in [5.41, 5.74) is 7.51. The van der Waals surface area contributed by atoms with Gasteiger partial charge in [0.1, 0.15) is 5.82 Å². The third kappa shape index (κ3) is 2.87. The van der Waals surface area contributed by atoms with Gasteiger partial charge in [-0.15, -0.1) is 0 Å². The van der Waals surface area contributed by atoms with Crippen LogP contribution in [0.2, 0.25) is 0 Å². The molecule has 0 saturated heterocycles. The van der Waals surface area contributed by atoms with Gasteiger partial charge in [-0.1, -0.05) is 41.1 Å². The van der Waals surface area contributed by atoms with Gasteiger partial charge in [-0.25, -0.2) is 4.98 Å². The molecule has 108 valence electrons. The van der Waals surface area contributed by atoms with Crippen molar-refractivity contribution >= 4 is 26.7 Å². The molecule has 1 unspecified atom stereocenters. The smallest absolute Gasteiger partial charge is 0.130 e. The first kappa shape index (κ1) is 14.3. The van der Waals surface area contributed by atoms with E-state index in [1.807, 2.05) is 12.4 Å². The maximum absolute atomic E-state index is 6.42. The van der Waals surface area contributed by atoms with Crippen LogP contribution < -0.4 is 5.73 Å². The van der Waals surface area contributed by atoms with E-state index in [4.69, 9.17) is 5.73 Å². The third-order valence-electron chi connectivity index (χ3n) is 3.68. The molecular weight excluding hydrogens is 326 g/mol. The maximum Gasteiger partial charge on any atom is 0.130 e. The van der Waals surface area contributed by atoms with Gasteiger partial charge in [0.2, 0.25) is 0 Å². The quantitative estimate of drug-likeness (QED) is 0.769. The van der Waals surface area contributed by atoms with Crippen LogP contribution in [0, 0.1) is 0 Å². The van der Waals surface area contributed by atoms with Crippen LogP contribution in [0.5, 0.6) is 0 Å². The van der Waals surface area contributed by atoms with Gasteiger partial charge in [0.15, 0.2) is 0 Å². The fourth-order valence-corrected chi connectivity index (χ4v) is 2.99. The Labute approximate surface area is 132 Å². The molecule has 2 N–H and O–H groups in total. The average Bonchev–Trinajstić information content (AvgIpc) is 2.94. The zero-order valence-corrected chi connectivity index (χ0v) is 13.5. The van der Waals surface area contributed by atoms with Crippen LogP contribution >= 0.6 is 15.9 Å². The number of hydrogen-bond donors (Lipinski definition) is 1. The summed E-state index contributed by atoms with van der Waals surface area (Å²) in [4.78, 5) is 4.44. The number of nitrogens with two attached hydrogens (primary N) is 1. The van der Waals surface area contributed by atoms with Gasteiger partial charge >= 0.3 is 0 Å². The lowest BCUT2D eigenvalue weighted by atomic mass is 10.0. The molecule has 0 radical (unpaired) electrons. The second-order valence-corrected chi connectivity index (χ2v) is 6.12. The minimum Gasteiger partial charge on any atom is -0.333 e. The van der Waals surface area contributed by atoms with E-state index >= 15 is 0 Å². The third-order valence-corrected chi connectivity index (χ3v) is 4.17. The number of aryl methyl sites for hydroxylation is 1. The van der Waals surface area contributed by atoms with E-state index in [0.717, 1.165) is 28.8 Å². The first-order valence-corrected chi connectivity index (χ1v) is 7.94. The Hall–Kier alpha value is -1.65. The normalized spacial score (nSPS) is 12.7. The van der Waals surface area contributed by atoms with Crippen LogP contribution in [-0.4, -0.2) is 9.55 Å². The SMILES string of the molecule is CCCn1ccnc1C(N)c1ccc2cc(Br)ccc2c1. The number of aromatic nitrogens is 2. The summed E-state index contributed by atoms with van der Waals surface area (Å²) in [6, 6.07) is 12.4. The molecule has 21 heavy (non-hydrogen) atoms. The van der Waals surface area contributed by atoms with E-state index in [9.17, 15) is 0 Å². The van der Waals surface area contributed by atoms with Gasteiger partial charge in [0, 0.05) is 23.4 Å². The Kier molecular flexibility index (Phi) is 4.08. The molecule has 1 heterocycles. The number of halogens is 1. The van der Waals surface area contributed by atoms with Gasteiger partial charge in [-0.05, 0) is 41.0 Å². The lowest BCUT2D eigenvalue weighted by molar-refractivity contribution is 0.613. The molecule has 0 aliphatic heterocycles. The van der Waals surface area contributed by atoms with E-state index in [2.05, 4.69) is 68.8 Å². The predicted octanol–water partition coefficient (Wildman–Crippen LogP) is 4.26. The second kappa shape index (κ2) is 6.00. The molecule has 0 aliphatic rings. The molecule has 1 atom stereocenters. The molecule has 3 aromatic rings. The van der Waals surface area contributed by atoms with E-state index in [1.165, 1.54) is 10.8 Å². The molecule has 0 fully saturated rings. The lowest BCUT2D eigenvalue weighted by Gasteiger charge is -2.15. The van der Waals surface area contributed by atoms with Crippen molar-refractivity contribution in [1.82, 2.24) is 9.55 Å².